The maximum absolute atomic E-state index is 13.3. The third-order valence-electron chi connectivity index (χ3n) is 3.19. The molecule has 3 aromatic rings. The summed E-state index contributed by atoms with van der Waals surface area (Å²) in [4.78, 5) is 4.33. The highest BCUT2D eigenvalue weighted by atomic mass is 32.2. The van der Waals surface area contributed by atoms with Gasteiger partial charge >= 0.3 is 0 Å². The van der Waals surface area contributed by atoms with Crippen LogP contribution in [0.4, 0.5) is 4.39 Å². The Balaban J connectivity index is 1.98. The molecule has 0 aliphatic heterocycles. The third kappa shape index (κ3) is 2.57. The molecule has 1 aromatic heterocycles. The molecule has 2 aromatic carbocycles. The minimum Gasteiger partial charge on any atom is -0.349 e. The molecule has 0 spiro atoms. The third-order valence-corrected chi connectivity index (χ3v) is 4.22. The molecule has 0 radical (unpaired) electrons. The molecule has 1 unspecified atom stereocenters. The van der Waals surface area contributed by atoms with Crippen molar-refractivity contribution in [2.45, 2.75) is 22.9 Å². The van der Waals surface area contributed by atoms with E-state index in [-0.39, 0.29) is 11.9 Å². The minimum atomic E-state index is -0.252. The SMILES string of the molecule is CC(N)c1cc(F)ccc1Sc1cc2ccccc2[nH]1. The first-order valence-electron chi connectivity index (χ1n) is 6.44. The summed E-state index contributed by atoms with van der Waals surface area (Å²) in [6.07, 6.45) is 0. The number of hydrogen-bond acceptors (Lipinski definition) is 2. The van der Waals surface area contributed by atoms with Crippen molar-refractivity contribution in [2.75, 3.05) is 0 Å². The number of aromatic amines is 1. The second-order valence-corrected chi connectivity index (χ2v) is 5.88. The molecule has 3 rings (SSSR count). The van der Waals surface area contributed by atoms with Gasteiger partial charge in [-0.05, 0) is 42.8 Å². The Bertz CT molecular complexity index is 716. The van der Waals surface area contributed by atoms with E-state index in [0.29, 0.717) is 0 Å². The zero-order valence-electron chi connectivity index (χ0n) is 11.1. The van der Waals surface area contributed by atoms with Crippen molar-refractivity contribution in [3.8, 4) is 0 Å². The molecule has 0 aliphatic rings. The van der Waals surface area contributed by atoms with Crippen LogP contribution in [0.15, 0.2) is 58.5 Å². The molecule has 3 N–H and O–H groups in total. The fraction of sp³-hybridized carbons (Fsp3) is 0.125. The predicted octanol–water partition coefficient (Wildman–Crippen LogP) is 4.48. The maximum atomic E-state index is 13.3. The van der Waals surface area contributed by atoms with Crippen molar-refractivity contribution in [3.63, 3.8) is 0 Å². The van der Waals surface area contributed by atoms with Gasteiger partial charge in [0.05, 0.1) is 5.03 Å². The number of nitrogens with one attached hydrogen (secondary N) is 1. The Morgan fingerprint density at radius 3 is 2.70 bits per heavy atom. The Kier molecular flexibility index (Phi) is 3.51. The molecule has 0 saturated heterocycles. The smallest absolute Gasteiger partial charge is 0.123 e. The van der Waals surface area contributed by atoms with Gasteiger partial charge in [-0.25, -0.2) is 4.39 Å². The van der Waals surface area contributed by atoms with E-state index in [0.717, 1.165) is 21.0 Å². The van der Waals surface area contributed by atoms with Gasteiger partial charge in [-0.1, -0.05) is 30.0 Å². The highest BCUT2D eigenvalue weighted by molar-refractivity contribution is 7.99. The number of rotatable bonds is 3. The lowest BCUT2D eigenvalue weighted by atomic mass is 10.1. The average molecular weight is 286 g/mol. The Morgan fingerprint density at radius 2 is 1.95 bits per heavy atom. The average Bonchev–Trinajstić information content (AvgIpc) is 2.82. The van der Waals surface area contributed by atoms with Gasteiger partial charge in [-0.2, -0.15) is 0 Å². The number of aromatic nitrogens is 1. The first-order valence-corrected chi connectivity index (χ1v) is 7.26. The summed E-state index contributed by atoms with van der Waals surface area (Å²) in [6.45, 7) is 1.87. The lowest BCUT2D eigenvalue weighted by Gasteiger charge is -2.11. The fourth-order valence-electron chi connectivity index (χ4n) is 2.19. The Morgan fingerprint density at radius 1 is 1.15 bits per heavy atom. The van der Waals surface area contributed by atoms with E-state index in [1.807, 2.05) is 25.1 Å². The Labute approximate surface area is 121 Å². The molecule has 1 heterocycles. The summed E-state index contributed by atoms with van der Waals surface area (Å²) in [6, 6.07) is 14.8. The monoisotopic (exact) mass is 286 g/mol. The number of nitrogens with two attached hydrogens (primary N) is 1. The van der Waals surface area contributed by atoms with Gasteiger partial charge in [0.1, 0.15) is 5.82 Å². The van der Waals surface area contributed by atoms with Gasteiger partial charge in [-0.15, -0.1) is 0 Å². The quantitative estimate of drug-likeness (QED) is 0.745. The van der Waals surface area contributed by atoms with Crippen molar-refractivity contribution in [1.82, 2.24) is 4.98 Å². The molecular formula is C16H15FN2S. The standard InChI is InChI=1S/C16H15FN2S/c1-10(18)13-9-12(17)6-7-15(13)20-16-8-11-4-2-3-5-14(11)19-16/h2-10,19H,18H2,1H3. The normalized spacial score (nSPS) is 12.8. The molecule has 0 aliphatic carbocycles. The van der Waals surface area contributed by atoms with E-state index >= 15 is 0 Å². The van der Waals surface area contributed by atoms with Gasteiger partial charge in [0.25, 0.3) is 0 Å². The molecule has 1 atom stereocenters. The minimum absolute atomic E-state index is 0.197. The largest absolute Gasteiger partial charge is 0.349 e. The van der Waals surface area contributed by atoms with Crippen molar-refractivity contribution in [1.29, 1.82) is 0 Å². The maximum Gasteiger partial charge on any atom is 0.123 e. The molecular weight excluding hydrogens is 271 g/mol. The van der Waals surface area contributed by atoms with Crippen molar-refractivity contribution < 1.29 is 4.39 Å². The van der Waals surface area contributed by atoms with Crippen LogP contribution < -0.4 is 5.73 Å². The lowest BCUT2D eigenvalue weighted by Crippen LogP contribution is -2.06. The number of H-pyrrole nitrogens is 1. The molecule has 0 fully saturated rings. The van der Waals surface area contributed by atoms with Gasteiger partial charge in [0.15, 0.2) is 0 Å². The zero-order valence-corrected chi connectivity index (χ0v) is 11.9. The van der Waals surface area contributed by atoms with Gasteiger partial charge in [-0.3, -0.25) is 0 Å². The number of fused-ring (bicyclic) bond motifs is 1. The highest BCUT2D eigenvalue weighted by Gasteiger charge is 2.11. The number of para-hydroxylation sites is 1. The second kappa shape index (κ2) is 5.31. The van der Waals surface area contributed by atoms with E-state index in [4.69, 9.17) is 5.73 Å². The summed E-state index contributed by atoms with van der Waals surface area (Å²) in [5.41, 5.74) is 7.85. The molecule has 2 nitrogen and oxygen atoms in total. The topological polar surface area (TPSA) is 41.8 Å². The second-order valence-electron chi connectivity index (χ2n) is 4.79. The first-order chi connectivity index (χ1) is 9.63. The van der Waals surface area contributed by atoms with E-state index in [2.05, 4.69) is 17.1 Å². The van der Waals surface area contributed by atoms with E-state index in [1.54, 1.807) is 17.8 Å². The molecule has 0 saturated carbocycles. The van der Waals surface area contributed by atoms with Crippen molar-refractivity contribution in [3.05, 3.63) is 59.9 Å². The van der Waals surface area contributed by atoms with Gasteiger partial charge < -0.3 is 10.7 Å². The van der Waals surface area contributed by atoms with Crippen LogP contribution in [0.2, 0.25) is 0 Å². The number of hydrogen-bond donors (Lipinski definition) is 2. The van der Waals surface area contributed by atoms with Crippen LogP contribution in [0.1, 0.15) is 18.5 Å². The van der Waals surface area contributed by atoms with E-state index in [9.17, 15) is 4.39 Å². The number of halogens is 1. The predicted molar refractivity (Wildman–Crippen MR) is 81.4 cm³/mol. The summed E-state index contributed by atoms with van der Waals surface area (Å²) in [5, 5.41) is 2.19. The van der Waals surface area contributed by atoms with Crippen LogP contribution in [0.5, 0.6) is 0 Å². The zero-order chi connectivity index (χ0) is 14.1. The summed E-state index contributed by atoms with van der Waals surface area (Å²) < 4.78 is 13.3. The van der Waals surface area contributed by atoms with Crippen molar-refractivity contribution >= 4 is 22.7 Å². The van der Waals surface area contributed by atoms with Crippen LogP contribution in [0.25, 0.3) is 10.9 Å². The van der Waals surface area contributed by atoms with Crippen LogP contribution in [0, 0.1) is 5.82 Å². The van der Waals surface area contributed by atoms with Crippen LogP contribution in [-0.2, 0) is 0 Å². The molecule has 0 bridgehead atoms. The van der Waals surface area contributed by atoms with Gasteiger partial charge in [0, 0.05) is 21.8 Å². The van der Waals surface area contributed by atoms with E-state index in [1.165, 1.54) is 17.5 Å². The van der Waals surface area contributed by atoms with E-state index < -0.39 is 0 Å². The lowest BCUT2D eigenvalue weighted by molar-refractivity contribution is 0.619. The van der Waals surface area contributed by atoms with Gasteiger partial charge in [0.2, 0.25) is 0 Å². The molecule has 0 amide bonds. The molecule has 20 heavy (non-hydrogen) atoms. The highest BCUT2D eigenvalue weighted by Crippen LogP contribution is 2.34. The molecule has 4 heteroatoms. The Hall–Kier alpha value is -1.78. The first kappa shape index (κ1) is 13.2. The van der Waals surface area contributed by atoms with Crippen LogP contribution in [-0.4, -0.2) is 4.98 Å². The summed E-state index contributed by atoms with van der Waals surface area (Å²) in [7, 11) is 0. The summed E-state index contributed by atoms with van der Waals surface area (Å²) in [5.74, 6) is -0.252. The van der Waals surface area contributed by atoms with Crippen molar-refractivity contribution in [2.24, 2.45) is 5.73 Å². The van der Waals surface area contributed by atoms with Crippen LogP contribution >= 0.6 is 11.8 Å². The van der Waals surface area contributed by atoms with Crippen LogP contribution in [0.3, 0.4) is 0 Å². The fourth-order valence-corrected chi connectivity index (χ4v) is 3.27. The summed E-state index contributed by atoms with van der Waals surface area (Å²) >= 11 is 1.57. The number of benzene rings is 2. The molecule has 102 valence electrons.